The summed E-state index contributed by atoms with van der Waals surface area (Å²) in [6, 6.07) is 4.82. The summed E-state index contributed by atoms with van der Waals surface area (Å²) in [4.78, 5) is 21.9. The maximum atomic E-state index is 13.4. The van der Waals surface area contributed by atoms with Gasteiger partial charge in [-0.15, -0.1) is 0 Å². The Labute approximate surface area is 125 Å². The second kappa shape index (κ2) is 8.36. The number of carbonyl (C=O) groups excluding carboxylic acids is 1. The van der Waals surface area contributed by atoms with Gasteiger partial charge < -0.3 is 15.7 Å². The monoisotopic (exact) mass is 309 g/mol. The molecule has 0 saturated carbocycles. The van der Waals surface area contributed by atoms with Crippen molar-refractivity contribution in [3.8, 4) is 6.07 Å². The third kappa shape index (κ3) is 5.20. The number of nitriles is 1. The number of nitrogens with one attached hydrogen (secondary N) is 2. The number of aliphatic carboxylic acids is 1. The van der Waals surface area contributed by atoms with Crippen LogP contribution in [0.3, 0.4) is 0 Å². The predicted octanol–water partition coefficient (Wildman–Crippen LogP) is 1.77. The Morgan fingerprint density at radius 3 is 2.50 bits per heavy atom. The van der Waals surface area contributed by atoms with Crippen molar-refractivity contribution in [2.45, 2.75) is 12.8 Å². The quantitative estimate of drug-likeness (QED) is 0.405. The zero-order chi connectivity index (χ0) is 16.5. The lowest BCUT2D eigenvalue weighted by Gasteiger charge is -2.06. The molecule has 0 aromatic heterocycles. The van der Waals surface area contributed by atoms with Gasteiger partial charge in [0.2, 0.25) is 0 Å². The first-order valence-electron chi connectivity index (χ1n) is 6.26. The number of para-hydroxylation sites is 1. The summed E-state index contributed by atoms with van der Waals surface area (Å²) in [6.07, 6.45) is 0.966. The van der Waals surface area contributed by atoms with Gasteiger partial charge >= 0.3 is 5.97 Å². The maximum Gasteiger partial charge on any atom is 0.303 e. The van der Waals surface area contributed by atoms with Crippen LogP contribution in [0.25, 0.3) is 0 Å². The maximum absolute atomic E-state index is 13.4. The number of hydrogen-bond donors (Lipinski definition) is 3. The van der Waals surface area contributed by atoms with Crippen LogP contribution in [0.5, 0.6) is 0 Å². The molecule has 0 spiro atoms. The van der Waals surface area contributed by atoms with Crippen LogP contribution in [0.4, 0.5) is 14.5 Å². The van der Waals surface area contributed by atoms with Crippen molar-refractivity contribution in [1.29, 1.82) is 5.26 Å². The third-order valence-corrected chi connectivity index (χ3v) is 2.54. The Hall–Kier alpha value is -2.95. The van der Waals surface area contributed by atoms with Gasteiger partial charge in [0.05, 0.1) is 0 Å². The molecule has 0 heterocycles. The smallest absolute Gasteiger partial charge is 0.303 e. The molecular formula is C14H13F2N3O3. The molecule has 0 atom stereocenters. The largest absolute Gasteiger partial charge is 0.481 e. The molecule has 1 aromatic rings. The van der Waals surface area contributed by atoms with Crippen LogP contribution in [0, 0.1) is 23.0 Å². The lowest BCUT2D eigenvalue weighted by Crippen LogP contribution is -2.26. The molecule has 1 amide bonds. The lowest BCUT2D eigenvalue weighted by atomic mass is 10.2. The molecule has 3 N–H and O–H groups in total. The van der Waals surface area contributed by atoms with Crippen molar-refractivity contribution in [2.75, 3.05) is 11.9 Å². The molecule has 6 nitrogen and oxygen atoms in total. The van der Waals surface area contributed by atoms with Gasteiger partial charge in [-0.3, -0.25) is 9.59 Å². The fourth-order valence-corrected chi connectivity index (χ4v) is 1.47. The summed E-state index contributed by atoms with van der Waals surface area (Å²) in [6.45, 7) is 0.0677. The average molecular weight is 309 g/mol. The van der Waals surface area contributed by atoms with E-state index in [1.807, 2.05) is 0 Å². The number of carboxylic acids is 1. The van der Waals surface area contributed by atoms with Crippen LogP contribution in [-0.4, -0.2) is 23.5 Å². The van der Waals surface area contributed by atoms with Crippen LogP contribution < -0.4 is 10.6 Å². The number of hydrogen-bond acceptors (Lipinski definition) is 4. The van der Waals surface area contributed by atoms with Crippen LogP contribution >= 0.6 is 0 Å². The van der Waals surface area contributed by atoms with Gasteiger partial charge in [-0.2, -0.15) is 5.26 Å². The highest BCUT2D eigenvalue weighted by Crippen LogP contribution is 2.18. The summed E-state index contributed by atoms with van der Waals surface area (Å²) < 4.78 is 26.7. The number of carbonyl (C=O) groups is 2. The number of anilines is 1. The van der Waals surface area contributed by atoms with Crippen molar-refractivity contribution < 1.29 is 23.5 Å². The van der Waals surface area contributed by atoms with Gasteiger partial charge in [0.25, 0.3) is 5.91 Å². The van der Waals surface area contributed by atoms with Gasteiger partial charge in [-0.25, -0.2) is 8.78 Å². The molecule has 0 aliphatic heterocycles. The van der Waals surface area contributed by atoms with E-state index in [1.54, 1.807) is 6.07 Å². The van der Waals surface area contributed by atoms with Crippen LogP contribution in [0.2, 0.25) is 0 Å². The zero-order valence-corrected chi connectivity index (χ0v) is 11.4. The minimum absolute atomic E-state index is 0.0677. The van der Waals surface area contributed by atoms with E-state index < -0.39 is 34.8 Å². The molecule has 22 heavy (non-hydrogen) atoms. The first-order chi connectivity index (χ1) is 10.5. The van der Waals surface area contributed by atoms with E-state index in [2.05, 4.69) is 10.6 Å². The van der Waals surface area contributed by atoms with Gasteiger partial charge in [0.1, 0.15) is 29.0 Å². The van der Waals surface area contributed by atoms with Crippen LogP contribution in [0.1, 0.15) is 12.8 Å². The second-order valence-corrected chi connectivity index (χ2v) is 4.16. The summed E-state index contributed by atoms with van der Waals surface area (Å²) in [5.74, 6) is -3.50. The summed E-state index contributed by atoms with van der Waals surface area (Å²) in [5.41, 5.74) is -0.869. The van der Waals surface area contributed by atoms with E-state index in [4.69, 9.17) is 10.4 Å². The topological polar surface area (TPSA) is 102 Å². The van der Waals surface area contributed by atoms with E-state index in [0.29, 0.717) is 0 Å². The van der Waals surface area contributed by atoms with E-state index in [0.717, 1.165) is 18.3 Å². The van der Waals surface area contributed by atoms with Gasteiger partial charge in [0.15, 0.2) is 0 Å². The molecule has 0 saturated heterocycles. The number of amides is 1. The Bertz CT molecular complexity index is 618. The van der Waals surface area contributed by atoms with Gasteiger partial charge in [-0.1, -0.05) is 6.07 Å². The first kappa shape index (κ1) is 17.1. The number of nitrogens with zero attached hydrogens (tertiary/aromatic N) is 1. The molecule has 0 unspecified atom stereocenters. The average Bonchev–Trinajstić information content (AvgIpc) is 2.46. The minimum atomic E-state index is -0.998. The SMILES string of the molecule is N#C/C(=C/Nc1c(F)cccc1F)C(=O)NCCCC(=O)O. The van der Waals surface area contributed by atoms with E-state index in [-0.39, 0.29) is 19.4 Å². The number of halogens is 2. The fraction of sp³-hybridized carbons (Fsp3) is 0.214. The molecular weight excluding hydrogens is 296 g/mol. The van der Waals surface area contributed by atoms with Crippen molar-refractivity contribution in [1.82, 2.24) is 5.32 Å². The van der Waals surface area contributed by atoms with Gasteiger partial charge in [-0.05, 0) is 18.6 Å². The van der Waals surface area contributed by atoms with Crippen molar-refractivity contribution in [3.63, 3.8) is 0 Å². The molecule has 1 rings (SSSR count). The highest BCUT2D eigenvalue weighted by Gasteiger charge is 2.11. The van der Waals surface area contributed by atoms with E-state index in [1.165, 1.54) is 6.07 Å². The first-order valence-corrected chi connectivity index (χ1v) is 6.26. The molecule has 116 valence electrons. The molecule has 0 aliphatic carbocycles. The van der Waals surface area contributed by atoms with E-state index >= 15 is 0 Å². The Kier molecular flexibility index (Phi) is 6.50. The highest BCUT2D eigenvalue weighted by atomic mass is 19.1. The molecule has 8 heteroatoms. The Balaban J connectivity index is 2.65. The molecule has 1 aromatic carbocycles. The lowest BCUT2D eigenvalue weighted by molar-refractivity contribution is -0.137. The predicted molar refractivity (Wildman–Crippen MR) is 73.6 cm³/mol. The third-order valence-electron chi connectivity index (χ3n) is 2.54. The molecule has 0 fully saturated rings. The van der Waals surface area contributed by atoms with Crippen LogP contribution in [0.15, 0.2) is 30.0 Å². The Morgan fingerprint density at radius 2 is 1.95 bits per heavy atom. The van der Waals surface area contributed by atoms with Crippen molar-refractivity contribution in [3.05, 3.63) is 41.6 Å². The number of carboxylic acid groups (broad SMARTS) is 1. The zero-order valence-electron chi connectivity index (χ0n) is 11.4. The molecule has 0 aliphatic rings. The second-order valence-electron chi connectivity index (χ2n) is 4.16. The highest BCUT2D eigenvalue weighted by molar-refractivity contribution is 5.97. The van der Waals surface area contributed by atoms with Crippen molar-refractivity contribution >= 4 is 17.6 Å². The minimum Gasteiger partial charge on any atom is -0.481 e. The summed E-state index contributed by atoms with van der Waals surface area (Å²) >= 11 is 0. The molecule has 0 bridgehead atoms. The summed E-state index contributed by atoms with van der Waals surface area (Å²) in [7, 11) is 0. The van der Waals surface area contributed by atoms with Gasteiger partial charge in [0, 0.05) is 19.2 Å². The van der Waals surface area contributed by atoms with E-state index in [9.17, 15) is 18.4 Å². The summed E-state index contributed by atoms with van der Waals surface area (Å²) in [5, 5.41) is 21.9. The van der Waals surface area contributed by atoms with Crippen LogP contribution in [-0.2, 0) is 9.59 Å². The number of rotatable bonds is 7. The van der Waals surface area contributed by atoms with Crippen molar-refractivity contribution in [2.24, 2.45) is 0 Å². The normalized spacial score (nSPS) is 10.7. The standard InChI is InChI=1S/C14H13F2N3O3/c15-10-3-1-4-11(16)13(10)19-8-9(7-17)14(22)18-6-2-5-12(20)21/h1,3-4,8,19H,2,5-6H2,(H,18,22)(H,20,21)/b9-8-. The number of benzene rings is 1. The fourth-order valence-electron chi connectivity index (χ4n) is 1.47. The Morgan fingerprint density at radius 1 is 1.32 bits per heavy atom. The molecule has 0 radical (unpaired) electrons.